The zero-order chi connectivity index (χ0) is 29.6. The number of nitrogens with one attached hydrogen (secondary N) is 2. The van der Waals surface area contributed by atoms with Gasteiger partial charge in [-0.05, 0) is 67.4 Å². The smallest absolute Gasteiger partial charge is 0.348 e. The van der Waals surface area contributed by atoms with Crippen LogP contribution in [0.5, 0.6) is 0 Å². The van der Waals surface area contributed by atoms with Gasteiger partial charge in [-0.1, -0.05) is 11.6 Å². The Morgan fingerprint density at radius 2 is 2.12 bits per heavy atom. The van der Waals surface area contributed by atoms with Crippen molar-refractivity contribution in [2.75, 3.05) is 50.2 Å². The van der Waals surface area contributed by atoms with Gasteiger partial charge in [-0.15, -0.1) is 33.3 Å². The predicted octanol–water partition coefficient (Wildman–Crippen LogP) is 5.91. The van der Waals surface area contributed by atoms with E-state index in [4.69, 9.17) is 16.3 Å². The fourth-order valence-electron chi connectivity index (χ4n) is 4.98. The zero-order valence-corrected chi connectivity index (χ0v) is 25.4. The van der Waals surface area contributed by atoms with E-state index in [1.54, 1.807) is 12.3 Å². The van der Waals surface area contributed by atoms with E-state index >= 15 is 0 Å². The molecule has 4 aromatic rings. The molecule has 1 aliphatic heterocycles. The summed E-state index contributed by atoms with van der Waals surface area (Å²) in [6.45, 7) is 1.65. The molecule has 1 aromatic carbocycles. The molecule has 1 fully saturated rings. The monoisotopic (exact) mass is 628 g/mol. The highest BCUT2D eigenvalue weighted by molar-refractivity contribution is 7.99. The first-order valence-corrected chi connectivity index (χ1v) is 15.5. The van der Waals surface area contributed by atoms with E-state index in [9.17, 15) is 14.3 Å². The normalized spacial score (nSPS) is 17.2. The summed E-state index contributed by atoms with van der Waals surface area (Å²) in [5.74, 6) is 0.400. The number of piperidine rings is 1. The van der Waals surface area contributed by atoms with Crippen molar-refractivity contribution in [2.45, 2.75) is 23.4 Å². The van der Waals surface area contributed by atoms with Gasteiger partial charge in [0, 0.05) is 52.8 Å². The van der Waals surface area contributed by atoms with Crippen molar-refractivity contribution in [3.05, 3.63) is 75.3 Å². The van der Waals surface area contributed by atoms with Crippen LogP contribution in [0.3, 0.4) is 0 Å². The van der Waals surface area contributed by atoms with E-state index in [1.165, 1.54) is 48.4 Å². The molecule has 9 nitrogen and oxygen atoms in total. The molecule has 3 N–H and O–H groups in total. The van der Waals surface area contributed by atoms with Crippen molar-refractivity contribution >= 4 is 57.9 Å². The highest BCUT2D eigenvalue weighted by atomic mass is 35.5. The van der Waals surface area contributed by atoms with Gasteiger partial charge in [0.05, 0.1) is 25.1 Å². The Morgan fingerprint density at radius 1 is 1.26 bits per heavy atom. The van der Waals surface area contributed by atoms with Crippen molar-refractivity contribution in [2.24, 2.45) is 0 Å². The lowest BCUT2D eigenvalue weighted by molar-refractivity contribution is 0.0604. The standard InChI is InChI=1S/C29H30ClFN6O3S2/c1-37-9-6-19(20-7-11-41-27(20)29(39)40-2)25(16-37)34-26-14-18(5-8-32-26)33-24-15-23(35-36-28(24)42-12-10-38)21-13-17(30)3-4-22(21)31/h3-5,7-8,11,13-15,19,25,38H,6,9-10,12,16H2,1-2H3,(H2,32,33,34,35). The number of anilines is 3. The Morgan fingerprint density at radius 3 is 2.93 bits per heavy atom. The van der Waals surface area contributed by atoms with Crippen LogP contribution < -0.4 is 10.6 Å². The number of methoxy groups -OCH3 is 1. The summed E-state index contributed by atoms with van der Waals surface area (Å²) in [7, 11) is 3.48. The molecule has 0 bridgehead atoms. The van der Waals surface area contributed by atoms with Gasteiger partial charge in [0.25, 0.3) is 0 Å². The van der Waals surface area contributed by atoms with Crippen LogP contribution in [0.4, 0.5) is 21.6 Å². The van der Waals surface area contributed by atoms with Crippen LogP contribution in [0.1, 0.15) is 27.6 Å². The quantitative estimate of drug-likeness (QED) is 0.145. The van der Waals surface area contributed by atoms with Crippen molar-refractivity contribution < 1.29 is 19.0 Å². The molecule has 0 amide bonds. The Labute approximate surface area is 256 Å². The number of thiophene rings is 1. The minimum atomic E-state index is -0.459. The molecule has 0 spiro atoms. The van der Waals surface area contributed by atoms with Crippen LogP contribution in [0, 0.1) is 5.82 Å². The van der Waals surface area contributed by atoms with Gasteiger partial charge in [0.1, 0.15) is 21.5 Å². The number of aliphatic hydroxyl groups excluding tert-OH is 1. The molecule has 2 atom stereocenters. The van der Waals surface area contributed by atoms with E-state index in [0.717, 1.165) is 30.8 Å². The fourth-order valence-corrected chi connectivity index (χ4v) is 6.69. The Balaban J connectivity index is 1.41. The Hall–Kier alpha value is -3.29. The number of ether oxygens (including phenoxy) is 1. The maximum absolute atomic E-state index is 14.6. The van der Waals surface area contributed by atoms with Crippen molar-refractivity contribution in [1.82, 2.24) is 20.1 Å². The Kier molecular flexibility index (Phi) is 9.91. The summed E-state index contributed by atoms with van der Waals surface area (Å²) in [5.41, 5.74) is 2.88. The first-order chi connectivity index (χ1) is 20.4. The molecule has 2 unspecified atom stereocenters. The van der Waals surface area contributed by atoms with E-state index in [-0.39, 0.29) is 30.1 Å². The molecule has 5 rings (SSSR count). The number of benzene rings is 1. The number of hydrogen-bond donors (Lipinski definition) is 3. The second-order valence-electron chi connectivity index (χ2n) is 9.80. The maximum atomic E-state index is 14.6. The third-order valence-corrected chi connectivity index (χ3v) is 9.06. The molecule has 42 heavy (non-hydrogen) atoms. The summed E-state index contributed by atoms with van der Waals surface area (Å²) in [4.78, 5) is 19.9. The molecule has 4 heterocycles. The highest BCUT2D eigenvalue weighted by Gasteiger charge is 2.33. The summed E-state index contributed by atoms with van der Waals surface area (Å²) in [6.07, 6.45) is 2.58. The molecule has 1 aliphatic rings. The second kappa shape index (κ2) is 13.8. The highest BCUT2D eigenvalue weighted by Crippen LogP contribution is 2.36. The number of carbonyl (C=O) groups is 1. The summed E-state index contributed by atoms with van der Waals surface area (Å²) < 4.78 is 19.6. The van der Waals surface area contributed by atoms with Gasteiger partial charge in [-0.3, -0.25) is 0 Å². The number of nitrogens with zero attached hydrogens (tertiary/aromatic N) is 4. The van der Waals surface area contributed by atoms with Crippen LogP contribution >= 0.6 is 34.7 Å². The molecular formula is C29H30ClFN6O3S2. The van der Waals surface area contributed by atoms with Crippen LogP contribution in [0.25, 0.3) is 11.3 Å². The lowest BCUT2D eigenvalue weighted by Gasteiger charge is -2.37. The number of halogens is 2. The third-order valence-electron chi connectivity index (χ3n) is 6.95. The molecule has 13 heteroatoms. The summed E-state index contributed by atoms with van der Waals surface area (Å²) >= 11 is 8.85. The SMILES string of the molecule is COC(=O)c1sccc1C1CCN(C)CC1Nc1cc(Nc2cc(-c3cc(Cl)ccc3F)nnc2SCCO)ccn1. The molecule has 3 aromatic heterocycles. The van der Waals surface area contributed by atoms with Gasteiger partial charge in [0.15, 0.2) is 0 Å². The number of esters is 1. The lowest BCUT2D eigenvalue weighted by Crippen LogP contribution is -2.45. The largest absolute Gasteiger partial charge is 0.465 e. The Bertz CT molecular complexity index is 1560. The number of rotatable bonds is 10. The van der Waals surface area contributed by atoms with Gasteiger partial charge in [-0.2, -0.15) is 0 Å². The van der Waals surface area contributed by atoms with Gasteiger partial charge in [0.2, 0.25) is 0 Å². The first-order valence-electron chi connectivity index (χ1n) is 13.3. The molecule has 0 saturated carbocycles. The van der Waals surface area contributed by atoms with Gasteiger partial charge in [-0.25, -0.2) is 14.2 Å². The average Bonchev–Trinajstić information content (AvgIpc) is 3.47. The number of thioether (sulfide) groups is 1. The average molecular weight is 629 g/mol. The van der Waals surface area contributed by atoms with Crippen LogP contribution in [-0.2, 0) is 4.74 Å². The van der Waals surface area contributed by atoms with E-state index in [0.29, 0.717) is 37.9 Å². The van der Waals surface area contributed by atoms with E-state index < -0.39 is 5.82 Å². The van der Waals surface area contributed by atoms with Crippen molar-refractivity contribution in [1.29, 1.82) is 0 Å². The third kappa shape index (κ3) is 7.01. The predicted molar refractivity (Wildman–Crippen MR) is 166 cm³/mol. The summed E-state index contributed by atoms with van der Waals surface area (Å²) in [5, 5.41) is 27.7. The topological polar surface area (TPSA) is 113 Å². The minimum Gasteiger partial charge on any atom is -0.465 e. The molecule has 0 radical (unpaired) electrons. The molecule has 1 saturated heterocycles. The molecule has 220 valence electrons. The van der Waals surface area contributed by atoms with Crippen molar-refractivity contribution in [3.8, 4) is 11.3 Å². The number of likely N-dealkylation sites (tertiary alicyclic amines) is 1. The minimum absolute atomic E-state index is 0.000163. The van der Waals surface area contributed by atoms with E-state index in [1.807, 2.05) is 23.6 Å². The van der Waals surface area contributed by atoms with Crippen molar-refractivity contribution in [3.63, 3.8) is 0 Å². The summed E-state index contributed by atoms with van der Waals surface area (Å²) in [6, 6.07) is 11.7. The number of hydrogen-bond acceptors (Lipinski definition) is 11. The van der Waals surface area contributed by atoms with Gasteiger partial charge < -0.3 is 25.4 Å². The van der Waals surface area contributed by atoms with Crippen LogP contribution in [0.2, 0.25) is 5.02 Å². The molecule has 0 aliphatic carbocycles. The van der Waals surface area contributed by atoms with Crippen LogP contribution in [0.15, 0.2) is 59.1 Å². The first kappa shape index (κ1) is 30.2. The number of pyridine rings is 1. The second-order valence-corrected chi connectivity index (χ2v) is 12.2. The maximum Gasteiger partial charge on any atom is 0.348 e. The fraction of sp³-hybridized carbons (Fsp3) is 0.310. The lowest BCUT2D eigenvalue weighted by atomic mass is 9.85. The number of aromatic nitrogens is 3. The van der Waals surface area contributed by atoms with Gasteiger partial charge >= 0.3 is 5.97 Å². The molecular weight excluding hydrogens is 599 g/mol. The zero-order valence-electron chi connectivity index (χ0n) is 23.0. The van der Waals surface area contributed by atoms with E-state index in [2.05, 4.69) is 37.8 Å². The number of aliphatic hydroxyl groups is 1. The number of likely N-dealkylation sites (N-methyl/N-ethyl adjacent to an activating group) is 1. The number of carbonyl (C=O) groups excluding carboxylic acids is 1. The van der Waals surface area contributed by atoms with Crippen LogP contribution in [-0.4, -0.2) is 76.8 Å².